The van der Waals surface area contributed by atoms with Crippen molar-refractivity contribution in [2.45, 2.75) is 18.0 Å². The summed E-state index contributed by atoms with van der Waals surface area (Å²) in [5.41, 5.74) is 0.906. The molecule has 1 heterocycles. The van der Waals surface area contributed by atoms with Crippen LogP contribution < -0.4 is 15.6 Å². The van der Waals surface area contributed by atoms with Gasteiger partial charge < -0.3 is 5.32 Å². The van der Waals surface area contributed by atoms with Crippen LogP contribution in [-0.4, -0.2) is 30.9 Å². The van der Waals surface area contributed by atoms with Gasteiger partial charge in [0, 0.05) is 6.54 Å². The highest BCUT2D eigenvalue weighted by Crippen LogP contribution is 2.11. The summed E-state index contributed by atoms with van der Waals surface area (Å²) < 4.78 is 27.1. The van der Waals surface area contributed by atoms with Gasteiger partial charge in [0.2, 0.25) is 15.9 Å². The molecule has 0 spiro atoms. The smallest absolute Gasteiger partial charge is 0.261 e. The molecule has 0 saturated carbocycles. The number of para-hydroxylation sites is 1. The first-order valence-corrected chi connectivity index (χ1v) is 9.62. The first-order chi connectivity index (χ1) is 12.9. The molecule has 0 unspecified atom stereocenters. The van der Waals surface area contributed by atoms with Gasteiger partial charge in [0.1, 0.15) is 6.54 Å². The van der Waals surface area contributed by atoms with Crippen molar-refractivity contribution in [2.24, 2.45) is 0 Å². The Morgan fingerprint density at radius 2 is 1.93 bits per heavy atom. The number of benzene rings is 2. The van der Waals surface area contributed by atoms with Crippen LogP contribution >= 0.6 is 0 Å². The quantitative estimate of drug-likeness (QED) is 0.645. The van der Waals surface area contributed by atoms with Crippen LogP contribution in [0.2, 0.25) is 0 Å². The third-order valence-electron chi connectivity index (χ3n) is 4.01. The van der Waals surface area contributed by atoms with Crippen LogP contribution in [0.1, 0.15) is 5.56 Å². The van der Waals surface area contributed by atoms with Crippen molar-refractivity contribution < 1.29 is 13.2 Å². The van der Waals surface area contributed by atoms with Gasteiger partial charge in [-0.15, -0.1) is 0 Å². The van der Waals surface area contributed by atoms with Gasteiger partial charge >= 0.3 is 0 Å². The molecule has 0 fully saturated rings. The van der Waals surface area contributed by atoms with Gasteiger partial charge in [0.05, 0.1) is 22.1 Å². The third kappa shape index (κ3) is 4.21. The van der Waals surface area contributed by atoms with Gasteiger partial charge in [-0.1, -0.05) is 24.3 Å². The van der Waals surface area contributed by atoms with Gasteiger partial charge in [0.25, 0.3) is 5.56 Å². The minimum atomic E-state index is -3.55. The summed E-state index contributed by atoms with van der Waals surface area (Å²) in [6, 6.07) is 13.2. The number of fused-ring (bicyclic) bond motifs is 1. The highest BCUT2D eigenvalue weighted by atomic mass is 32.2. The van der Waals surface area contributed by atoms with Crippen LogP contribution in [-0.2, 0) is 27.9 Å². The Morgan fingerprint density at radius 1 is 1.15 bits per heavy atom. The molecule has 1 aromatic heterocycles. The maximum atomic E-state index is 12.4. The lowest BCUT2D eigenvalue weighted by Crippen LogP contribution is -2.32. The number of carbonyl (C=O) groups excluding carboxylic acids is 1. The fourth-order valence-corrected chi connectivity index (χ4v) is 3.37. The number of carbonyl (C=O) groups is 1. The molecule has 0 aliphatic carbocycles. The molecule has 0 atom stereocenters. The van der Waals surface area contributed by atoms with E-state index in [9.17, 15) is 18.0 Å². The Hall–Kier alpha value is -3.04. The van der Waals surface area contributed by atoms with Crippen LogP contribution in [0.5, 0.6) is 0 Å². The van der Waals surface area contributed by atoms with Gasteiger partial charge in [0.15, 0.2) is 0 Å². The summed E-state index contributed by atoms with van der Waals surface area (Å²) in [5, 5.41) is 3.12. The Morgan fingerprint density at radius 3 is 2.70 bits per heavy atom. The van der Waals surface area contributed by atoms with E-state index in [-0.39, 0.29) is 29.5 Å². The number of hydrogen-bond acceptors (Lipinski definition) is 5. The number of nitrogens with one attached hydrogen (secondary N) is 2. The van der Waals surface area contributed by atoms with Crippen molar-refractivity contribution in [3.8, 4) is 0 Å². The molecule has 1 amide bonds. The molecule has 140 valence electrons. The van der Waals surface area contributed by atoms with E-state index in [0.29, 0.717) is 16.5 Å². The van der Waals surface area contributed by atoms with Crippen molar-refractivity contribution in [3.05, 3.63) is 70.8 Å². The zero-order valence-electron chi connectivity index (χ0n) is 14.5. The van der Waals surface area contributed by atoms with E-state index < -0.39 is 10.0 Å². The fourth-order valence-electron chi connectivity index (χ4n) is 2.57. The van der Waals surface area contributed by atoms with Crippen molar-refractivity contribution in [1.29, 1.82) is 0 Å². The summed E-state index contributed by atoms with van der Waals surface area (Å²) in [6.07, 6.45) is 1.34. The van der Waals surface area contributed by atoms with Gasteiger partial charge in [-0.3, -0.25) is 14.2 Å². The normalized spacial score (nSPS) is 11.4. The Kier molecular flexibility index (Phi) is 5.33. The third-order valence-corrected chi connectivity index (χ3v) is 5.42. The highest BCUT2D eigenvalue weighted by molar-refractivity contribution is 7.89. The molecule has 0 saturated heterocycles. The molecular weight excluding hydrogens is 368 g/mol. The number of hydrogen-bond donors (Lipinski definition) is 2. The van der Waals surface area contributed by atoms with Crippen LogP contribution in [0.15, 0.2) is 64.5 Å². The van der Waals surface area contributed by atoms with Crippen molar-refractivity contribution in [3.63, 3.8) is 0 Å². The number of sulfonamides is 1. The highest BCUT2D eigenvalue weighted by Gasteiger charge is 2.12. The fraction of sp³-hybridized carbons (Fsp3) is 0.167. The molecular formula is C18H18N4O4S. The van der Waals surface area contributed by atoms with Crippen molar-refractivity contribution in [1.82, 2.24) is 19.6 Å². The van der Waals surface area contributed by atoms with E-state index in [4.69, 9.17) is 0 Å². The molecule has 9 heteroatoms. The summed E-state index contributed by atoms with van der Waals surface area (Å²) >= 11 is 0. The SMILES string of the molecule is CNS(=O)(=O)c1cccc(CNC(=O)Cn2cnc3ccccc3c2=O)c1. The summed E-state index contributed by atoms with van der Waals surface area (Å²) in [5.74, 6) is -0.379. The zero-order valence-corrected chi connectivity index (χ0v) is 15.4. The maximum Gasteiger partial charge on any atom is 0.261 e. The average Bonchev–Trinajstić information content (AvgIpc) is 2.69. The lowest BCUT2D eigenvalue weighted by molar-refractivity contribution is -0.121. The second-order valence-electron chi connectivity index (χ2n) is 5.83. The van der Waals surface area contributed by atoms with E-state index in [1.165, 1.54) is 30.1 Å². The maximum absolute atomic E-state index is 12.4. The number of rotatable bonds is 6. The number of amides is 1. The predicted molar refractivity (Wildman–Crippen MR) is 101 cm³/mol. The van der Waals surface area contributed by atoms with Gasteiger partial charge in [-0.25, -0.2) is 18.1 Å². The molecule has 2 aromatic carbocycles. The largest absolute Gasteiger partial charge is 0.350 e. The van der Waals surface area contributed by atoms with Crippen LogP contribution in [0.3, 0.4) is 0 Å². The second kappa shape index (κ2) is 7.68. The Balaban J connectivity index is 1.70. The first-order valence-electron chi connectivity index (χ1n) is 8.14. The van der Waals surface area contributed by atoms with E-state index >= 15 is 0 Å². The molecule has 0 aliphatic rings. The molecule has 2 N–H and O–H groups in total. The minimum absolute atomic E-state index is 0.117. The van der Waals surface area contributed by atoms with Gasteiger partial charge in [-0.2, -0.15) is 0 Å². The predicted octanol–water partition coefficient (Wildman–Crippen LogP) is 0.621. The van der Waals surface area contributed by atoms with E-state index in [1.807, 2.05) is 0 Å². The molecule has 27 heavy (non-hydrogen) atoms. The molecule has 3 rings (SSSR count). The van der Waals surface area contributed by atoms with Crippen molar-refractivity contribution >= 4 is 26.8 Å². The van der Waals surface area contributed by atoms with Crippen LogP contribution in [0, 0.1) is 0 Å². The number of aromatic nitrogens is 2. The average molecular weight is 386 g/mol. The minimum Gasteiger partial charge on any atom is -0.350 e. The monoisotopic (exact) mass is 386 g/mol. The standard InChI is InChI=1S/C18H18N4O4S/c1-19-27(25,26)14-6-4-5-13(9-14)10-20-17(23)11-22-12-21-16-8-3-2-7-15(16)18(22)24/h2-9,12,19H,10-11H2,1H3,(H,20,23). The molecule has 0 bridgehead atoms. The molecule has 8 nitrogen and oxygen atoms in total. The molecule has 0 aliphatic heterocycles. The van der Waals surface area contributed by atoms with Crippen molar-refractivity contribution in [2.75, 3.05) is 7.05 Å². The first kappa shape index (κ1) is 18.7. The Labute approximate surface area is 155 Å². The van der Waals surface area contributed by atoms with Crippen LogP contribution in [0.25, 0.3) is 10.9 Å². The zero-order chi connectivity index (χ0) is 19.4. The summed E-state index contributed by atoms with van der Waals surface area (Å²) in [7, 11) is -2.22. The summed E-state index contributed by atoms with van der Waals surface area (Å²) in [4.78, 5) is 28.9. The van der Waals surface area contributed by atoms with Gasteiger partial charge in [-0.05, 0) is 36.9 Å². The lowest BCUT2D eigenvalue weighted by Gasteiger charge is -2.09. The van der Waals surface area contributed by atoms with E-state index in [2.05, 4.69) is 15.0 Å². The lowest BCUT2D eigenvalue weighted by atomic mass is 10.2. The summed E-state index contributed by atoms with van der Waals surface area (Å²) in [6.45, 7) is -0.0349. The van der Waals surface area contributed by atoms with E-state index in [0.717, 1.165) is 0 Å². The molecule has 0 radical (unpaired) electrons. The van der Waals surface area contributed by atoms with E-state index in [1.54, 1.807) is 36.4 Å². The second-order valence-corrected chi connectivity index (χ2v) is 7.71. The molecule has 3 aromatic rings. The topological polar surface area (TPSA) is 110 Å². The Bertz CT molecular complexity index is 1160. The van der Waals surface area contributed by atoms with Crippen LogP contribution in [0.4, 0.5) is 0 Å². The number of nitrogens with zero attached hydrogens (tertiary/aromatic N) is 2.